The van der Waals surface area contributed by atoms with Crippen LogP contribution < -0.4 is 14.5 Å². The Labute approximate surface area is 270 Å². The Morgan fingerprint density at radius 1 is 1.16 bits per heavy atom. The van der Waals surface area contributed by atoms with Gasteiger partial charge in [-0.1, -0.05) is 42.4 Å². The maximum absolute atomic E-state index is 12.6. The number of hydrogen-bond acceptors (Lipinski definition) is 7. The number of fused-ring (bicyclic) bond motifs is 2. The number of piperazine rings is 1. The fraction of sp³-hybridized carbons (Fsp3) is 0.486. The van der Waals surface area contributed by atoms with Crippen LogP contribution in [0.15, 0.2) is 49.1 Å². The van der Waals surface area contributed by atoms with Crippen molar-refractivity contribution in [2.45, 2.75) is 56.8 Å². The SMILES string of the molecule is [C-]#[N+]C[C@H]1CN(c2nc(O[C@@H]3CC4(CC4)C[C@H]3N(C)C)nc3c2CCN(c2cccc4cccc(Cl)c24)C3)CCN1C(=O)C=C. The quantitative estimate of drug-likeness (QED) is 0.263. The maximum Gasteiger partial charge on any atom is 0.319 e. The van der Waals surface area contributed by atoms with E-state index in [4.69, 9.17) is 32.9 Å². The normalized spacial score (nSPS) is 23.7. The Balaban J connectivity index is 1.25. The zero-order valence-corrected chi connectivity index (χ0v) is 26.8. The number of aromatic nitrogens is 2. The zero-order chi connectivity index (χ0) is 31.3. The van der Waals surface area contributed by atoms with E-state index in [1.165, 1.54) is 18.9 Å². The minimum Gasteiger partial charge on any atom is -0.458 e. The van der Waals surface area contributed by atoms with Crippen LogP contribution in [0.4, 0.5) is 11.5 Å². The lowest BCUT2D eigenvalue weighted by atomic mass is 10.0. The summed E-state index contributed by atoms with van der Waals surface area (Å²) in [6.07, 6.45) is 6.85. The van der Waals surface area contributed by atoms with Gasteiger partial charge in [-0.2, -0.15) is 9.97 Å². The van der Waals surface area contributed by atoms with E-state index in [1.54, 1.807) is 4.90 Å². The maximum atomic E-state index is 12.6. The highest BCUT2D eigenvalue weighted by atomic mass is 35.5. The minimum atomic E-state index is -0.239. The van der Waals surface area contributed by atoms with Gasteiger partial charge in [-0.3, -0.25) is 4.79 Å². The van der Waals surface area contributed by atoms with Gasteiger partial charge in [0.1, 0.15) is 18.0 Å². The second-order valence-corrected chi connectivity index (χ2v) is 13.7. The third-order valence-corrected chi connectivity index (χ3v) is 10.6. The van der Waals surface area contributed by atoms with Crippen molar-refractivity contribution in [3.8, 4) is 6.01 Å². The highest BCUT2D eigenvalue weighted by Gasteiger charge is 2.54. The summed E-state index contributed by atoms with van der Waals surface area (Å²) >= 11 is 6.74. The van der Waals surface area contributed by atoms with E-state index >= 15 is 0 Å². The molecule has 1 amide bonds. The number of carbonyl (C=O) groups is 1. The molecular formula is C35H40ClN7O2. The van der Waals surface area contributed by atoms with Gasteiger partial charge in [-0.25, -0.2) is 6.57 Å². The highest BCUT2D eigenvalue weighted by molar-refractivity contribution is 6.36. The molecule has 2 aliphatic heterocycles. The summed E-state index contributed by atoms with van der Waals surface area (Å²) in [6, 6.07) is 12.9. The number of likely N-dealkylation sites (N-methyl/N-ethyl adjacent to an activating group) is 1. The molecule has 1 spiro atoms. The molecule has 10 heteroatoms. The molecule has 0 N–H and O–H groups in total. The summed E-state index contributed by atoms with van der Waals surface area (Å²) in [5, 5.41) is 2.90. The Bertz CT molecular complexity index is 1680. The summed E-state index contributed by atoms with van der Waals surface area (Å²) in [7, 11) is 4.27. The molecule has 45 heavy (non-hydrogen) atoms. The Hall–Kier alpha value is -3.87. The van der Waals surface area contributed by atoms with Crippen molar-refractivity contribution in [3.63, 3.8) is 0 Å². The molecule has 2 aliphatic carbocycles. The first-order valence-corrected chi connectivity index (χ1v) is 16.3. The van der Waals surface area contributed by atoms with Gasteiger partial charge in [0.15, 0.2) is 0 Å². The van der Waals surface area contributed by atoms with Crippen LogP contribution in [0.25, 0.3) is 15.6 Å². The van der Waals surface area contributed by atoms with Crippen LogP contribution >= 0.6 is 11.6 Å². The molecule has 1 saturated heterocycles. The second-order valence-electron chi connectivity index (χ2n) is 13.3. The summed E-state index contributed by atoms with van der Waals surface area (Å²) in [4.78, 5) is 35.2. The zero-order valence-electron chi connectivity index (χ0n) is 26.1. The van der Waals surface area contributed by atoms with E-state index in [1.807, 2.05) is 12.1 Å². The van der Waals surface area contributed by atoms with E-state index < -0.39 is 0 Å². The predicted octanol–water partition coefficient (Wildman–Crippen LogP) is 5.22. The van der Waals surface area contributed by atoms with Crippen molar-refractivity contribution in [1.29, 1.82) is 0 Å². The van der Waals surface area contributed by atoms with E-state index in [-0.39, 0.29) is 24.6 Å². The molecule has 3 heterocycles. The standard InChI is InChI=1S/C35H40ClN7O2/c1-5-31(44)43-17-16-42(21-24(43)20-37-2)33-25-12-15-41(28-11-7-9-23-8-6-10-26(36)32(23)28)22-27(25)38-34(39-33)45-30-19-35(13-14-35)18-29(30)40(3)4/h5-11,24,29-30H,1,12-22H2,3-4H3/t24-,29+,30+/m0/s1. The summed E-state index contributed by atoms with van der Waals surface area (Å²) in [5.41, 5.74) is 3.57. The molecule has 3 atom stereocenters. The monoisotopic (exact) mass is 625 g/mol. The van der Waals surface area contributed by atoms with E-state index in [0.29, 0.717) is 43.6 Å². The van der Waals surface area contributed by atoms with Gasteiger partial charge in [-0.15, -0.1) is 0 Å². The van der Waals surface area contributed by atoms with Crippen molar-refractivity contribution in [3.05, 3.63) is 76.8 Å². The number of anilines is 2. The number of amides is 1. The lowest BCUT2D eigenvalue weighted by Crippen LogP contribution is -2.56. The first kappa shape index (κ1) is 29.8. The van der Waals surface area contributed by atoms with Crippen LogP contribution in [-0.4, -0.2) is 90.7 Å². The number of benzene rings is 2. The van der Waals surface area contributed by atoms with Gasteiger partial charge >= 0.3 is 6.01 Å². The molecule has 7 rings (SSSR count). The number of rotatable bonds is 7. The minimum absolute atomic E-state index is 0.0295. The van der Waals surface area contributed by atoms with Crippen molar-refractivity contribution >= 4 is 39.8 Å². The van der Waals surface area contributed by atoms with Gasteiger partial charge < -0.3 is 29.2 Å². The smallest absolute Gasteiger partial charge is 0.319 e. The fourth-order valence-electron chi connectivity index (χ4n) is 7.74. The third kappa shape index (κ3) is 5.59. The van der Waals surface area contributed by atoms with Crippen molar-refractivity contribution in [2.24, 2.45) is 5.41 Å². The van der Waals surface area contributed by atoms with E-state index in [9.17, 15) is 4.79 Å². The molecule has 0 unspecified atom stereocenters. The van der Waals surface area contributed by atoms with Gasteiger partial charge in [0.2, 0.25) is 12.5 Å². The molecule has 3 fully saturated rings. The first-order valence-electron chi connectivity index (χ1n) is 16.0. The van der Waals surface area contributed by atoms with Crippen LogP contribution in [0.5, 0.6) is 6.01 Å². The van der Waals surface area contributed by atoms with Gasteiger partial charge in [0.25, 0.3) is 0 Å². The largest absolute Gasteiger partial charge is 0.458 e. The third-order valence-electron chi connectivity index (χ3n) is 10.3. The molecule has 234 valence electrons. The van der Waals surface area contributed by atoms with Crippen molar-refractivity contribution in [2.75, 3.05) is 56.6 Å². The lowest BCUT2D eigenvalue weighted by molar-refractivity contribution is -0.128. The van der Waals surface area contributed by atoms with Crippen molar-refractivity contribution < 1.29 is 9.53 Å². The Morgan fingerprint density at radius 2 is 1.96 bits per heavy atom. The topological polar surface area (TPSA) is 69.4 Å². The van der Waals surface area contributed by atoms with Gasteiger partial charge in [0.05, 0.1) is 17.3 Å². The fourth-order valence-corrected chi connectivity index (χ4v) is 8.02. The summed E-state index contributed by atoms with van der Waals surface area (Å²) in [5.74, 6) is 0.734. The second kappa shape index (κ2) is 11.8. The molecule has 1 aromatic heterocycles. The van der Waals surface area contributed by atoms with Crippen LogP contribution in [0, 0.1) is 12.0 Å². The van der Waals surface area contributed by atoms with Crippen LogP contribution in [0.3, 0.4) is 0 Å². The highest BCUT2D eigenvalue weighted by Crippen LogP contribution is 2.59. The van der Waals surface area contributed by atoms with Crippen molar-refractivity contribution in [1.82, 2.24) is 19.8 Å². The van der Waals surface area contributed by atoms with E-state index in [2.05, 4.69) is 64.5 Å². The average molecular weight is 626 g/mol. The van der Waals surface area contributed by atoms with Gasteiger partial charge in [-0.05, 0) is 75.2 Å². The Kier molecular flexibility index (Phi) is 7.83. The predicted molar refractivity (Wildman–Crippen MR) is 178 cm³/mol. The lowest BCUT2D eigenvalue weighted by Gasteiger charge is -2.41. The summed E-state index contributed by atoms with van der Waals surface area (Å²) in [6.45, 7) is 14.5. The van der Waals surface area contributed by atoms with Crippen LogP contribution in [0.2, 0.25) is 5.02 Å². The molecule has 0 bridgehead atoms. The molecule has 4 aliphatic rings. The first-order chi connectivity index (χ1) is 21.8. The number of hydrogen-bond donors (Lipinski definition) is 0. The number of ether oxygens (including phenoxy) is 1. The number of halogens is 1. The number of nitrogens with zero attached hydrogens (tertiary/aromatic N) is 7. The molecule has 9 nitrogen and oxygen atoms in total. The molecule has 0 radical (unpaired) electrons. The van der Waals surface area contributed by atoms with Crippen LogP contribution in [0.1, 0.15) is 36.9 Å². The number of carbonyl (C=O) groups excluding carboxylic acids is 1. The molecular weight excluding hydrogens is 586 g/mol. The molecule has 2 saturated carbocycles. The van der Waals surface area contributed by atoms with E-state index in [0.717, 1.165) is 64.4 Å². The average Bonchev–Trinajstić information content (AvgIpc) is 3.70. The van der Waals surface area contributed by atoms with Crippen LogP contribution in [-0.2, 0) is 17.8 Å². The Morgan fingerprint density at radius 3 is 2.69 bits per heavy atom. The molecule has 3 aromatic rings. The van der Waals surface area contributed by atoms with Gasteiger partial charge in [0, 0.05) is 48.9 Å². The summed E-state index contributed by atoms with van der Waals surface area (Å²) < 4.78 is 6.75. The molecule has 2 aromatic carbocycles.